The number of hydrogen-bond donors (Lipinski definition) is 2. The average Bonchev–Trinajstić information content (AvgIpc) is 2.81. The molecule has 1 saturated heterocycles. The summed E-state index contributed by atoms with van der Waals surface area (Å²) in [5.74, 6) is 0.127. The molecular weight excluding hydrogens is 250 g/mol. The molecule has 0 aromatic carbocycles. The van der Waals surface area contributed by atoms with E-state index in [1.165, 1.54) is 4.90 Å². The number of piperidine rings is 1. The van der Waals surface area contributed by atoms with Crippen LogP contribution in [0.15, 0.2) is 10.6 Å². The number of nitrogens with one attached hydrogen (secondary N) is 1. The molecule has 0 aliphatic carbocycles. The van der Waals surface area contributed by atoms with Gasteiger partial charge in [0.25, 0.3) is 0 Å². The van der Waals surface area contributed by atoms with Crippen LogP contribution in [0.25, 0.3) is 0 Å². The minimum Gasteiger partial charge on any atom is -0.480 e. The van der Waals surface area contributed by atoms with Crippen LogP contribution in [-0.4, -0.2) is 39.6 Å². The number of carboxylic acids is 1. The van der Waals surface area contributed by atoms with Crippen molar-refractivity contribution < 1.29 is 19.1 Å². The average molecular weight is 267 g/mol. The van der Waals surface area contributed by atoms with Gasteiger partial charge >= 0.3 is 12.0 Å². The second-order valence-electron chi connectivity index (χ2n) is 4.57. The van der Waals surface area contributed by atoms with E-state index in [0.717, 1.165) is 12.8 Å². The van der Waals surface area contributed by atoms with Crippen LogP contribution in [0.1, 0.15) is 30.9 Å². The fourth-order valence-corrected chi connectivity index (χ4v) is 2.17. The standard InChI is InChI=1S/C12H17N3O4/c1-8-6-13-10(19-8)7-14-12(18)15-5-3-2-4-9(15)11(16)17/h6,9H,2-5,7H2,1H3,(H,14,18)(H,16,17). The summed E-state index contributed by atoms with van der Waals surface area (Å²) in [6, 6.07) is -1.12. The minimum atomic E-state index is -0.957. The van der Waals surface area contributed by atoms with Gasteiger partial charge in [0.05, 0.1) is 12.7 Å². The third kappa shape index (κ3) is 3.24. The Morgan fingerprint density at radius 1 is 1.58 bits per heavy atom. The van der Waals surface area contributed by atoms with Crippen molar-refractivity contribution >= 4 is 12.0 Å². The van der Waals surface area contributed by atoms with Crippen molar-refractivity contribution in [3.63, 3.8) is 0 Å². The molecule has 1 fully saturated rings. The maximum atomic E-state index is 12.0. The maximum absolute atomic E-state index is 12.0. The molecule has 7 heteroatoms. The molecule has 2 amide bonds. The summed E-state index contributed by atoms with van der Waals surface area (Å²) in [5, 5.41) is 11.7. The molecule has 1 unspecified atom stereocenters. The highest BCUT2D eigenvalue weighted by Crippen LogP contribution is 2.17. The largest absolute Gasteiger partial charge is 0.480 e. The number of oxazole rings is 1. The molecule has 2 heterocycles. The predicted molar refractivity (Wildman–Crippen MR) is 65.5 cm³/mol. The van der Waals surface area contributed by atoms with Crippen molar-refractivity contribution in [3.8, 4) is 0 Å². The zero-order valence-corrected chi connectivity index (χ0v) is 10.8. The number of amides is 2. The van der Waals surface area contributed by atoms with Crippen molar-refractivity contribution in [1.82, 2.24) is 15.2 Å². The van der Waals surface area contributed by atoms with Crippen LogP contribution in [0.5, 0.6) is 0 Å². The van der Waals surface area contributed by atoms with Gasteiger partial charge in [-0.05, 0) is 26.2 Å². The highest BCUT2D eigenvalue weighted by atomic mass is 16.4. The Hall–Kier alpha value is -2.05. The molecule has 2 rings (SSSR count). The van der Waals surface area contributed by atoms with Gasteiger partial charge in [0.15, 0.2) is 0 Å². The van der Waals surface area contributed by atoms with Crippen LogP contribution in [0.4, 0.5) is 4.79 Å². The molecule has 1 aliphatic rings. The van der Waals surface area contributed by atoms with E-state index in [9.17, 15) is 9.59 Å². The summed E-state index contributed by atoms with van der Waals surface area (Å²) < 4.78 is 5.23. The summed E-state index contributed by atoms with van der Waals surface area (Å²) in [5.41, 5.74) is 0. The summed E-state index contributed by atoms with van der Waals surface area (Å²) in [7, 11) is 0. The molecule has 0 spiro atoms. The topological polar surface area (TPSA) is 95.7 Å². The van der Waals surface area contributed by atoms with Gasteiger partial charge in [0.2, 0.25) is 5.89 Å². The van der Waals surface area contributed by atoms with Gasteiger partial charge in [-0.15, -0.1) is 0 Å². The van der Waals surface area contributed by atoms with E-state index in [0.29, 0.717) is 24.6 Å². The molecular formula is C12H17N3O4. The smallest absolute Gasteiger partial charge is 0.326 e. The van der Waals surface area contributed by atoms with E-state index in [-0.39, 0.29) is 12.6 Å². The van der Waals surface area contributed by atoms with E-state index in [1.807, 2.05) is 0 Å². The third-order valence-electron chi connectivity index (χ3n) is 3.11. The van der Waals surface area contributed by atoms with Crippen LogP contribution in [0.2, 0.25) is 0 Å². The van der Waals surface area contributed by atoms with Crippen molar-refractivity contribution in [2.75, 3.05) is 6.54 Å². The first-order valence-electron chi connectivity index (χ1n) is 6.26. The molecule has 0 bridgehead atoms. The number of carbonyl (C=O) groups is 2. The monoisotopic (exact) mass is 267 g/mol. The summed E-state index contributed by atoms with van der Waals surface area (Å²) in [6.07, 6.45) is 3.73. The van der Waals surface area contributed by atoms with Gasteiger partial charge in [-0.25, -0.2) is 14.6 Å². The number of likely N-dealkylation sites (tertiary alicyclic amines) is 1. The van der Waals surface area contributed by atoms with Gasteiger partial charge in [-0.1, -0.05) is 0 Å². The zero-order chi connectivity index (χ0) is 13.8. The molecule has 19 heavy (non-hydrogen) atoms. The number of carbonyl (C=O) groups excluding carboxylic acids is 1. The van der Waals surface area contributed by atoms with Crippen molar-refractivity contribution in [2.45, 2.75) is 38.8 Å². The van der Waals surface area contributed by atoms with Crippen LogP contribution >= 0.6 is 0 Å². The Kier molecular flexibility index (Phi) is 4.03. The lowest BCUT2D eigenvalue weighted by atomic mass is 10.0. The van der Waals surface area contributed by atoms with Crippen LogP contribution in [0.3, 0.4) is 0 Å². The van der Waals surface area contributed by atoms with Crippen molar-refractivity contribution in [1.29, 1.82) is 0 Å². The Labute approximate surface area is 110 Å². The Balaban J connectivity index is 1.92. The first kappa shape index (κ1) is 13.4. The lowest BCUT2D eigenvalue weighted by Gasteiger charge is -2.32. The summed E-state index contributed by atoms with van der Waals surface area (Å²) in [6.45, 7) is 2.40. The van der Waals surface area contributed by atoms with E-state index >= 15 is 0 Å². The van der Waals surface area contributed by atoms with Gasteiger partial charge in [-0.3, -0.25) is 0 Å². The second-order valence-corrected chi connectivity index (χ2v) is 4.57. The molecule has 1 aromatic heterocycles. The molecule has 7 nitrogen and oxygen atoms in total. The SMILES string of the molecule is Cc1cnc(CNC(=O)N2CCCCC2C(=O)O)o1. The molecule has 104 valence electrons. The number of rotatable bonds is 3. The van der Waals surface area contributed by atoms with E-state index < -0.39 is 12.0 Å². The van der Waals surface area contributed by atoms with Crippen molar-refractivity contribution in [3.05, 3.63) is 17.8 Å². The van der Waals surface area contributed by atoms with E-state index in [4.69, 9.17) is 9.52 Å². The molecule has 1 aromatic rings. The lowest BCUT2D eigenvalue weighted by molar-refractivity contribution is -0.143. The van der Waals surface area contributed by atoms with Crippen molar-refractivity contribution in [2.24, 2.45) is 0 Å². The lowest BCUT2D eigenvalue weighted by Crippen LogP contribution is -2.51. The quantitative estimate of drug-likeness (QED) is 0.856. The number of aryl methyl sites for hydroxylation is 1. The fraction of sp³-hybridized carbons (Fsp3) is 0.583. The highest BCUT2D eigenvalue weighted by Gasteiger charge is 2.31. The molecule has 1 aliphatic heterocycles. The summed E-state index contributed by atoms with van der Waals surface area (Å²) >= 11 is 0. The van der Waals surface area contributed by atoms with Gasteiger partial charge in [-0.2, -0.15) is 0 Å². The minimum absolute atomic E-state index is 0.162. The Morgan fingerprint density at radius 2 is 2.37 bits per heavy atom. The number of aromatic nitrogens is 1. The van der Waals surface area contributed by atoms with Gasteiger partial charge < -0.3 is 19.7 Å². The fourth-order valence-electron chi connectivity index (χ4n) is 2.17. The van der Waals surface area contributed by atoms with E-state index in [1.54, 1.807) is 13.1 Å². The van der Waals surface area contributed by atoms with Crippen LogP contribution < -0.4 is 5.32 Å². The third-order valence-corrected chi connectivity index (χ3v) is 3.11. The van der Waals surface area contributed by atoms with Crippen LogP contribution in [-0.2, 0) is 11.3 Å². The molecule has 2 N–H and O–H groups in total. The molecule has 0 saturated carbocycles. The predicted octanol–water partition coefficient (Wildman–Crippen LogP) is 1.13. The molecule has 0 radical (unpaired) electrons. The first-order valence-corrected chi connectivity index (χ1v) is 6.26. The Morgan fingerprint density at radius 3 is 3.00 bits per heavy atom. The number of urea groups is 1. The summed E-state index contributed by atoms with van der Waals surface area (Å²) in [4.78, 5) is 28.4. The number of hydrogen-bond acceptors (Lipinski definition) is 4. The normalized spacial score (nSPS) is 19.2. The highest BCUT2D eigenvalue weighted by molar-refractivity contribution is 5.82. The first-order chi connectivity index (χ1) is 9.08. The zero-order valence-electron chi connectivity index (χ0n) is 10.8. The number of carboxylic acid groups (broad SMARTS) is 1. The van der Waals surface area contributed by atoms with Gasteiger partial charge in [0, 0.05) is 6.54 Å². The van der Waals surface area contributed by atoms with E-state index in [2.05, 4.69) is 10.3 Å². The number of aliphatic carboxylic acids is 1. The maximum Gasteiger partial charge on any atom is 0.326 e. The van der Waals surface area contributed by atoms with Gasteiger partial charge in [0.1, 0.15) is 11.8 Å². The second kappa shape index (κ2) is 5.73. The molecule has 1 atom stereocenters. The van der Waals surface area contributed by atoms with Crippen LogP contribution in [0, 0.1) is 6.92 Å². The Bertz CT molecular complexity index is 471. The number of nitrogens with zero attached hydrogens (tertiary/aromatic N) is 2.